The molecule has 0 unspecified atom stereocenters. The van der Waals surface area contributed by atoms with Crippen molar-refractivity contribution in [3.63, 3.8) is 0 Å². The molecule has 4 N–H and O–H groups in total. The zero-order valence-corrected chi connectivity index (χ0v) is 81.2. The van der Waals surface area contributed by atoms with E-state index in [9.17, 15) is 46.7 Å². The summed E-state index contributed by atoms with van der Waals surface area (Å²) in [5, 5.41) is 28.0. The van der Waals surface area contributed by atoms with Gasteiger partial charge >= 0.3 is 0 Å². The number of likely N-dealkylation sites (N-methyl/N-ethyl adjacent to an activating group) is 1. The number of hydrogen-bond donors (Lipinski definition) is 4. The predicted octanol–water partition coefficient (Wildman–Crippen LogP) is 17.3. The number of carbonyl (C=O) groups excluding carboxylic acids is 2. The van der Waals surface area contributed by atoms with Gasteiger partial charge in [0.1, 0.15) is 45.8 Å². The van der Waals surface area contributed by atoms with Gasteiger partial charge in [0.05, 0.1) is 67.5 Å². The normalized spacial score (nSPS) is 20.6. The van der Waals surface area contributed by atoms with Gasteiger partial charge in [-0.25, -0.2) is 36.2 Å². The molecule has 10 heterocycles. The Morgan fingerprint density at radius 1 is 0.537 bits per heavy atom. The quantitative estimate of drug-likeness (QED) is 0.0274. The molecule has 5 fully saturated rings. The van der Waals surface area contributed by atoms with E-state index in [1.54, 1.807) is 60.9 Å². The number of ether oxygens (including phenoxy) is 4. The summed E-state index contributed by atoms with van der Waals surface area (Å²) in [6, 6.07) is 39.7. The fourth-order valence-electron chi connectivity index (χ4n) is 20.6. The zero-order valence-electron chi connectivity index (χ0n) is 78.0. The van der Waals surface area contributed by atoms with Crippen molar-refractivity contribution in [3.05, 3.63) is 233 Å². The van der Waals surface area contributed by atoms with Crippen LogP contribution in [0.5, 0.6) is 34.5 Å². The highest BCUT2D eigenvalue weighted by Crippen LogP contribution is 2.48. The average molecular weight is 1930 g/mol. The SMILES string of the molecule is CC1(C)CCC(CN2CCN(c3ccc(C(=O)NS(=O)(=O)c4cc5c(c([N+](=O)[O-])c4)C[C@H](CCN4CCN(C6CCC6)CC4)CO5)c(Oc4cnc5[nH]ccc5c4)c3)CC2)=C(c2ccc(Cl)cc2)C1.C[C@H]1CN(CC[C@@H]2COc3cc(S(=O)(=O)NC(=O)c4ccc(N5CCN(CC6=C(c7ccc(Cl)cc7)CC(C)(C)CC6)CC5)cc4Oc4cnc5[nH]ccc5c4)cc([N+](=O)[O-])c3C2)CCN1C. The van der Waals surface area contributed by atoms with Crippen LogP contribution < -0.4 is 38.2 Å². The topological polar surface area (TPSA) is 333 Å². The van der Waals surface area contributed by atoms with E-state index in [0.29, 0.717) is 66.0 Å². The van der Waals surface area contributed by atoms with Crippen LogP contribution in [0.2, 0.25) is 10.0 Å². The number of amides is 2. The molecular formula is C102H120Cl2N16O14S2. The molecule has 4 saturated heterocycles. The molecule has 9 aliphatic rings. The minimum Gasteiger partial charge on any atom is -0.493 e. The number of aromatic amines is 2. The van der Waals surface area contributed by atoms with Crippen LogP contribution in [0.4, 0.5) is 22.7 Å². The first kappa shape index (κ1) is 95.3. The summed E-state index contributed by atoms with van der Waals surface area (Å²) in [6.45, 7) is 28.9. The first-order valence-electron chi connectivity index (χ1n) is 47.6. The van der Waals surface area contributed by atoms with E-state index < -0.39 is 51.5 Å². The van der Waals surface area contributed by atoms with Gasteiger partial charge in [-0.1, -0.05) is 92.7 Å². The lowest BCUT2D eigenvalue weighted by Crippen LogP contribution is -2.52. The number of pyridine rings is 2. The van der Waals surface area contributed by atoms with Gasteiger partial charge < -0.3 is 53.4 Å². The molecule has 718 valence electrons. The summed E-state index contributed by atoms with van der Waals surface area (Å²) < 4.78 is 85.2. The highest BCUT2D eigenvalue weighted by atomic mass is 35.5. The zero-order chi connectivity index (χ0) is 94.9. The van der Waals surface area contributed by atoms with E-state index in [0.717, 1.165) is 226 Å². The second kappa shape index (κ2) is 40.6. The molecule has 10 aromatic rings. The van der Waals surface area contributed by atoms with Gasteiger partial charge in [-0.3, -0.25) is 44.5 Å². The van der Waals surface area contributed by atoms with Gasteiger partial charge in [-0.15, -0.1) is 0 Å². The Hall–Kier alpha value is -11.0. The summed E-state index contributed by atoms with van der Waals surface area (Å²) in [6.07, 6.45) is 19.3. The molecule has 1 saturated carbocycles. The van der Waals surface area contributed by atoms with Crippen molar-refractivity contribution >= 4 is 111 Å². The van der Waals surface area contributed by atoms with Crippen molar-refractivity contribution < 1.29 is 55.2 Å². The maximum Gasteiger partial charge on any atom is 0.277 e. The van der Waals surface area contributed by atoms with Crippen molar-refractivity contribution in [3.8, 4) is 34.5 Å². The highest BCUT2D eigenvalue weighted by molar-refractivity contribution is 7.90. The number of H-pyrrole nitrogens is 2. The maximum absolute atomic E-state index is 14.1. The fourth-order valence-corrected chi connectivity index (χ4v) is 22.8. The number of aromatic nitrogens is 4. The molecule has 6 aromatic carbocycles. The van der Waals surface area contributed by atoms with Crippen molar-refractivity contribution in [2.45, 2.75) is 140 Å². The van der Waals surface area contributed by atoms with Crippen LogP contribution in [-0.2, 0) is 32.9 Å². The van der Waals surface area contributed by atoms with Gasteiger partial charge in [0, 0.05) is 204 Å². The van der Waals surface area contributed by atoms with Crippen molar-refractivity contribution in [1.29, 1.82) is 0 Å². The molecule has 34 heteroatoms. The Kier molecular flexibility index (Phi) is 28.4. The third-order valence-corrected chi connectivity index (χ3v) is 32.3. The van der Waals surface area contributed by atoms with Gasteiger partial charge in [0.15, 0.2) is 0 Å². The molecule has 30 nitrogen and oxygen atoms in total. The Balaban J connectivity index is 0.000000181. The summed E-state index contributed by atoms with van der Waals surface area (Å²) in [7, 11) is -7.13. The first-order valence-corrected chi connectivity index (χ1v) is 51.3. The van der Waals surface area contributed by atoms with Gasteiger partial charge in [-0.05, 0) is 222 Å². The van der Waals surface area contributed by atoms with Crippen LogP contribution in [0.3, 0.4) is 0 Å². The molecule has 3 aliphatic carbocycles. The van der Waals surface area contributed by atoms with Crippen molar-refractivity contribution in [2.24, 2.45) is 22.7 Å². The summed E-state index contributed by atoms with van der Waals surface area (Å²) >= 11 is 12.5. The lowest BCUT2D eigenvalue weighted by atomic mass is 9.72. The lowest BCUT2D eigenvalue weighted by Gasteiger charge is -2.43. The van der Waals surface area contributed by atoms with Crippen LogP contribution in [0.15, 0.2) is 179 Å². The third kappa shape index (κ3) is 22.4. The molecule has 4 aromatic heterocycles. The minimum atomic E-state index is -4.63. The van der Waals surface area contributed by atoms with E-state index in [1.165, 1.54) is 77.2 Å². The number of nitro groups is 2. The molecule has 0 bridgehead atoms. The van der Waals surface area contributed by atoms with Gasteiger partial charge in [-0.2, -0.15) is 0 Å². The lowest BCUT2D eigenvalue weighted by molar-refractivity contribution is -0.386. The number of rotatable bonds is 27. The van der Waals surface area contributed by atoms with Gasteiger partial charge in [0.25, 0.3) is 43.2 Å². The van der Waals surface area contributed by atoms with E-state index in [2.05, 4.69) is 135 Å². The minimum absolute atomic E-state index is 0.0303. The number of sulfonamides is 2. The fraction of sp³-hybridized carbons (Fsp3) is 0.451. The Labute approximate surface area is 804 Å². The van der Waals surface area contributed by atoms with Crippen LogP contribution >= 0.6 is 23.2 Å². The van der Waals surface area contributed by atoms with Crippen LogP contribution in [0, 0.1) is 42.9 Å². The number of halogens is 2. The van der Waals surface area contributed by atoms with Crippen LogP contribution in [-0.4, -0.2) is 245 Å². The molecular weight excluding hydrogens is 1810 g/mol. The number of hydrogen-bond acceptors (Lipinski definition) is 24. The number of carbonyl (C=O) groups is 2. The first-order chi connectivity index (χ1) is 65.3. The number of piperazine rings is 4. The number of nitro benzene ring substituents is 2. The van der Waals surface area contributed by atoms with E-state index in [-0.39, 0.29) is 68.2 Å². The molecule has 136 heavy (non-hydrogen) atoms. The molecule has 19 rings (SSSR count). The number of fused-ring (bicyclic) bond motifs is 4. The standard InChI is InChI=1S/C52H61ClN8O7S.C50H59ClN8O7S/c1-52(2)15-12-38(46(31-52)36-6-8-39(53)9-7-36)33-58-20-24-60(25-21-58)41-10-11-44(49(28-41)68-42-27-37-13-16-54-50(37)55-32-42)51(62)56-69(65,66)43-29-47(61(63)64)45-26-35(34-67-48(45)30-43)14-17-57-18-22-59(23-19-57)40-4-3-5-40;1-33-30-56(18-17-55(33)4)16-13-34-23-43-45(59(61)62)26-41(27-46(43)65-32-34)67(63,64)54-49(60)42-10-9-39(25-47(42)66-40-24-36-12-15-52-48(36)53-29-40)58-21-19-57(20-22-58)31-37-11-14-50(2,3)28-44(37)35-5-7-38(51)8-6-35/h6-11,13,16,27-30,32,35,40H,3-5,12,14-15,17-26,31,33-34H2,1-2H3,(H,54,55)(H,56,62);5-10,12,15,24-27,29,33-34H,11,13-14,16-23,28,30-32H2,1-4H3,(H,52,53)(H,54,60)/t35-;33-,34-/m00/s1. The molecule has 3 atom stereocenters. The summed E-state index contributed by atoms with van der Waals surface area (Å²) in [5.74, 6) is -0.589. The molecule has 6 aliphatic heterocycles. The second-order valence-electron chi connectivity index (χ2n) is 39.8. The van der Waals surface area contributed by atoms with Crippen molar-refractivity contribution in [2.75, 3.05) is 154 Å². The predicted molar refractivity (Wildman–Crippen MR) is 529 cm³/mol. The molecule has 0 radical (unpaired) electrons. The summed E-state index contributed by atoms with van der Waals surface area (Å²) in [4.78, 5) is 85.4. The number of benzene rings is 6. The Morgan fingerprint density at radius 3 is 1.38 bits per heavy atom. The monoisotopic (exact) mass is 1930 g/mol. The number of nitrogens with one attached hydrogen (secondary N) is 4. The number of allylic oxidation sites excluding steroid dienone is 2. The average Bonchev–Trinajstić information content (AvgIpc) is 0.796. The second-order valence-corrected chi connectivity index (χ2v) is 44.0. The van der Waals surface area contributed by atoms with E-state index in [4.69, 9.17) is 42.1 Å². The van der Waals surface area contributed by atoms with Crippen LogP contribution in [0.1, 0.15) is 148 Å². The van der Waals surface area contributed by atoms with E-state index in [1.807, 2.05) is 36.4 Å². The maximum atomic E-state index is 14.1. The molecule has 2 amide bonds. The number of anilines is 2. The van der Waals surface area contributed by atoms with Crippen LogP contribution in [0.25, 0.3) is 33.2 Å². The highest BCUT2D eigenvalue weighted by Gasteiger charge is 2.39. The van der Waals surface area contributed by atoms with Crippen molar-refractivity contribution in [1.82, 2.24) is 58.8 Å². The van der Waals surface area contributed by atoms with Gasteiger partial charge in [0.2, 0.25) is 0 Å². The van der Waals surface area contributed by atoms with E-state index >= 15 is 0 Å². The third-order valence-electron chi connectivity index (χ3n) is 29.2. The Bertz CT molecular complexity index is 6440. The molecule has 0 spiro atoms. The smallest absolute Gasteiger partial charge is 0.277 e. The Morgan fingerprint density at radius 2 is 0.963 bits per heavy atom. The summed E-state index contributed by atoms with van der Waals surface area (Å²) in [5.41, 5.74) is 11.6. The largest absolute Gasteiger partial charge is 0.493 e. The number of nitrogens with zero attached hydrogens (tertiary/aromatic N) is 12.